The van der Waals surface area contributed by atoms with Crippen LogP contribution in [0.3, 0.4) is 0 Å². The van der Waals surface area contributed by atoms with Crippen LogP contribution in [0.15, 0.2) is 30.3 Å². The molecule has 25 heavy (non-hydrogen) atoms. The lowest BCUT2D eigenvalue weighted by molar-refractivity contribution is -0.154. The molecule has 1 saturated heterocycles. The number of hydrogen-bond acceptors (Lipinski definition) is 6. The summed E-state index contributed by atoms with van der Waals surface area (Å²) in [6, 6.07) is 9.53. The molecule has 1 aromatic rings. The van der Waals surface area contributed by atoms with Gasteiger partial charge in [0.1, 0.15) is 11.7 Å². The minimum Gasteiger partial charge on any atom is -0.467 e. The van der Waals surface area contributed by atoms with E-state index in [1.54, 1.807) is 20.8 Å². The van der Waals surface area contributed by atoms with E-state index in [1.165, 1.54) is 7.11 Å². The third-order valence-corrected chi connectivity index (χ3v) is 3.72. The van der Waals surface area contributed by atoms with E-state index in [9.17, 15) is 9.59 Å². The minimum absolute atomic E-state index is 0.0433. The van der Waals surface area contributed by atoms with E-state index in [0.717, 1.165) is 5.56 Å². The number of benzene rings is 1. The van der Waals surface area contributed by atoms with Crippen LogP contribution in [0.25, 0.3) is 0 Å². The van der Waals surface area contributed by atoms with Crippen LogP contribution >= 0.6 is 0 Å². The summed E-state index contributed by atoms with van der Waals surface area (Å²) in [6.45, 7) is 5.63. The van der Waals surface area contributed by atoms with Crippen molar-refractivity contribution in [3.63, 3.8) is 0 Å². The predicted octanol–water partition coefficient (Wildman–Crippen LogP) is 2.04. The summed E-state index contributed by atoms with van der Waals surface area (Å²) in [5.41, 5.74) is -1.18. The van der Waals surface area contributed by atoms with Crippen LogP contribution < -0.4 is 5.32 Å². The van der Waals surface area contributed by atoms with Crippen LogP contribution in [0.1, 0.15) is 26.3 Å². The molecule has 0 aliphatic carbocycles. The molecule has 1 fully saturated rings. The Bertz CT molecular complexity index is 597. The molecular formula is C18H25NO6. The van der Waals surface area contributed by atoms with E-state index in [4.69, 9.17) is 18.9 Å². The molecule has 0 saturated carbocycles. The molecule has 0 aromatic heterocycles. The Kier molecular flexibility index (Phi) is 6.02. The lowest BCUT2D eigenvalue weighted by atomic mass is 9.95. The highest BCUT2D eigenvalue weighted by Crippen LogP contribution is 2.26. The van der Waals surface area contributed by atoms with Crippen molar-refractivity contribution in [3.05, 3.63) is 35.9 Å². The molecule has 2 rings (SSSR count). The molecule has 7 nitrogen and oxygen atoms in total. The van der Waals surface area contributed by atoms with Crippen molar-refractivity contribution >= 4 is 12.1 Å². The van der Waals surface area contributed by atoms with Gasteiger partial charge in [0.2, 0.25) is 0 Å². The molecular weight excluding hydrogens is 326 g/mol. The number of alkyl carbamates (subject to hydrolysis) is 1. The number of hydrogen-bond donors (Lipinski definition) is 1. The second-order valence-electron chi connectivity index (χ2n) is 6.89. The van der Waals surface area contributed by atoms with E-state index in [1.807, 2.05) is 30.3 Å². The minimum atomic E-state index is -1.44. The predicted molar refractivity (Wildman–Crippen MR) is 90.0 cm³/mol. The van der Waals surface area contributed by atoms with Crippen LogP contribution in [0, 0.1) is 0 Å². The second kappa shape index (κ2) is 7.84. The first-order valence-corrected chi connectivity index (χ1v) is 8.10. The van der Waals surface area contributed by atoms with Gasteiger partial charge >= 0.3 is 12.1 Å². The molecule has 138 valence electrons. The van der Waals surface area contributed by atoms with Crippen molar-refractivity contribution in [1.29, 1.82) is 0 Å². The number of carbonyl (C=O) groups excluding carboxylic acids is 2. The molecule has 1 heterocycles. The Labute approximate surface area is 147 Å². The Balaban J connectivity index is 2.13. The molecule has 0 unspecified atom stereocenters. The fraction of sp³-hybridized carbons (Fsp3) is 0.556. The van der Waals surface area contributed by atoms with Crippen LogP contribution in [-0.2, 0) is 30.3 Å². The number of rotatable bonds is 5. The standard InChI is InChI=1S/C18H25NO6/c1-17(2,3)25-16(21)19-18(15(20)22-4)12-23-11-14(18)24-10-13-8-6-5-7-9-13/h5-9,14H,10-12H2,1-4H3,(H,19,21)/t14-,18+/m0/s1. The Morgan fingerprint density at radius 1 is 1.28 bits per heavy atom. The topological polar surface area (TPSA) is 83.1 Å². The summed E-state index contributed by atoms with van der Waals surface area (Å²) in [6.07, 6.45) is -1.41. The molecule has 1 aliphatic heterocycles. The molecule has 1 aromatic carbocycles. The number of nitrogens with one attached hydrogen (secondary N) is 1. The lowest BCUT2D eigenvalue weighted by Gasteiger charge is -2.32. The monoisotopic (exact) mass is 351 g/mol. The average Bonchev–Trinajstić information content (AvgIpc) is 2.94. The summed E-state index contributed by atoms with van der Waals surface area (Å²) in [4.78, 5) is 24.6. The van der Waals surface area contributed by atoms with Gasteiger partial charge in [-0.1, -0.05) is 30.3 Å². The summed E-state index contributed by atoms with van der Waals surface area (Å²) in [5.74, 6) is -0.631. The maximum absolute atomic E-state index is 12.4. The van der Waals surface area contributed by atoms with Gasteiger partial charge in [0.25, 0.3) is 0 Å². The number of esters is 1. The summed E-state index contributed by atoms with van der Waals surface area (Å²) in [5, 5.41) is 2.60. The van der Waals surface area contributed by atoms with Gasteiger partial charge in [0, 0.05) is 0 Å². The van der Waals surface area contributed by atoms with Crippen molar-refractivity contribution in [2.75, 3.05) is 20.3 Å². The largest absolute Gasteiger partial charge is 0.467 e. The number of amides is 1. The van der Waals surface area contributed by atoms with Crippen LogP contribution in [-0.4, -0.2) is 49.6 Å². The molecule has 7 heteroatoms. The zero-order valence-electron chi connectivity index (χ0n) is 15.0. The van der Waals surface area contributed by atoms with Gasteiger partial charge in [0.15, 0.2) is 5.54 Å². The normalized spacial score (nSPS) is 23.1. The lowest BCUT2D eigenvalue weighted by Crippen LogP contribution is -2.63. The van der Waals surface area contributed by atoms with Gasteiger partial charge in [-0.3, -0.25) is 0 Å². The smallest absolute Gasteiger partial charge is 0.408 e. The summed E-state index contributed by atoms with van der Waals surface area (Å²) in [7, 11) is 1.26. The number of ether oxygens (including phenoxy) is 4. The molecule has 2 atom stereocenters. The van der Waals surface area contributed by atoms with Gasteiger partial charge in [0.05, 0.1) is 26.9 Å². The van der Waals surface area contributed by atoms with Crippen molar-refractivity contribution in [3.8, 4) is 0 Å². The molecule has 1 N–H and O–H groups in total. The van der Waals surface area contributed by atoms with Crippen LogP contribution in [0.2, 0.25) is 0 Å². The Morgan fingerprint density at radius 2 is 1.96 bits per heavy atom. The highest BCUT2D eigenvalue weighted by atomic mass is 16.6. The highest BCUT2D eigenvalue weighted by Gasteiger charge is 2.54. The van der Waals surface area contributed by atoms with E-state index in [-0.39, 0.29) is 19.8 Å². The molecule has 0 radical (unpaired) electrons. The summed E-state index contributed by atoms with van der Waals surface area (Å²) < 4.78 is 21.4. The SMILES string of the molecule is COC(=O)[C@@]1(NC(=O)OC(C)(C)C)COC[C@@H]1OCc1ccccc1. The van der Waals surface area contributed by atoms with Gasteiger partial charge in [-0.25, -0.2) is 9.59 Å². The molecule has 0 bridgehead atoms. The number of methoxy groups -OCH3 is 1. The first-order chi connectivity index (χ1) is 11.8. The van der Waals surface area contributed by atoms with E-state index in [0.29, 0.717) is 0 Å². The van der Waals surface area contributed by atoms with E-state index in [2.05, 4.69) is 5.32 Å². The molecule has 0 spiro atoms. The zero-order chi connectivity index (χ0) is 18.5. The van der Waals surface area contributed by atoms with Gasteiger partial charge in [-0.2, -0.15) is 0 Å². The van der Waals surface area contributed by atoms with Gasteiger partial charge < -0.3 is 24.3 Å². The van der Waals surface area contributed by atoms with Crippen molar-refractivity contribution in [2.45, 2.75) is 44.6 Å². The van der Waals surface area contributed by atoms with Crippen LogP contribution in [0.5, 0.6) is 0 Å². The van der Waals surface area contributed by atoms with Crippen LogP contribution in [0.4, 0.5) is 4.79 Å². The number of carbonyl (C=O) groups is 2. The van der Waals surface area contributed by atoms with Gasteiger partial charge in [-0.05, 0) is 26.3 Å². The first kappa shape index (κ1) is 19.2. The Hall–Kier alpha value is -2.12. The zero-order valence-corrected chi connectivity index (χ0v) is 15.0. The fourth-order valence-corrected chi connectivity index (χ4v) is 2.55. The third kappa shape index (κ3) is 4.93. The quantitative estimate of drug-likeness (QED) is 0.818. The third-order valence-electron chi connectivity index (χ3n) is 3.72. The molecule has 1 aliphatic rings. The Morgan fingerprint density at radius 3 is 2.56 bits per heavy atom. The van der Waals surface area contributed by atoms with Crippen molar-refractivity contribution < 1.29 is 28.5 Å². The average molecular weight is 351 g/mol. The molecule has 1 amide bonds. The van der Waals surface area contributed by atoms with Crippen molar-refractivity contribution in [2.24, 2.45) is 0 Å². The highest BCUT2D eigenvalue weighted by molar-refractivity contribution is 5.87. The first-order valence-electron chi connectivity index (χ1n) is 8.10. The maximum Gasteiger partial charge on any atom is 0.408 e. The van der Waals surface area contributed by atoms with Gasteiger partial charge in [-0.15, -0.1) is 0 Å². The van der Waals surface area contributed by atoms with Crippen molar-refractivity contribution in [1.82, 2.24) is 5.32 Å². The summed E-state index contributed by atoms with van der Waals surface area (Å²) >= 11 is 0. The maximum atomic E-state index is 12.4. The second-order valence-corrected chi connectivity index (χ2v) is 6.89. The fourth-order valence-electron chi connectivity index (χ4n) is 2.55. The van der Waals surface area contributed by atoms with E-state index < -0.39 is 29.3 Å². The van der Waals surface area contributed by atoms with E-state index >= 15 is 0 Å².